The van der Waals surface area contributed by atoms with Gasteiger partial charge in [-0.05, 0) is 62.6 Å². The fraction of sp³-hybridized carbons (Fsp3) is 0.381. The van der Waals surface area contributed by atoms with E-state index in [4.69, 9.17) is 0 Å². The van der Waals surface area contributed by atoms with Crippen LogP contribution in [0, 0.1) is 0 Å². The predicted molar refractivity (Wildman–Crippen MR) is 105 cm³/mol. The maximum absolute atomic E-state index is 13.0. The third kappa shape index (κ3) is 2.98. The summed E-state index contributed by atoms with van der Waals surface area (Å²) in [6.45, 7) is 0. The van der Waals surface area contributed by atoms with Crippen molar-refractivity contribution in [1.82, 2.24) is 20.1 Å². The second kappa shape index (κ2) is 6.93. The quantitative estimate of drug-likeness (QED) is 0.749. The zero-order valence-electron chi connectivity index (χ0n) is 15.1. The van der Waals surface area contributed by atoms with Crippen molar-refractivity contribution in [3.63, 3.8) is 0 Å². The first-order valence-electron chi connectivity index (χ1n) is 9.69. The Bertz CT molecular complexity index is 975. The van der Waals surface area contributed by atoms with Gasteiger partial charge in [-0.1, -0.05) is 6.07 Å². The van der Waals surface area contributed by atoms with Gasteiger partial charge in [-0.2, -0.15) is 5.10 Å². The molecule has 1 N–H and O–H groups in total. The van der Waals surface area contributed by atoms with Gasteiger partial charge < -0.3 is 5.32 Å². The number of carbonyl (C=O) groups is 1. The number of hydrogen-bond donors (Lipinski definition) is 1. The van der Waals surface area contributed by atoms with Crippen molar-refractivity contribution in [1.29, 1.82) is 0 Å². The molecule has 0 saturated carbocycles. The topological polar surface area (TPSA) is 59.8 Å². The molecule has 0 bridgehead atoms. The van der Waals surface area contributed by atoms with E-state index in [-0.39, 0.29) is 11.9 Å². The van der Waals surface area contributed by atoms with Crippen LogP contribution in [0.5, 0.6) is 0 Å². The highest BCUT2D eigenvalue weighted by molar-refractivity contribution is 7.10. The van der Waals surface area contributed by atoms with Gasteiger partial charge in [-0.25, -0.2) is 9.67 Å². The lowest BCUT2D eigenvalue weighted by atomic mass is 9.92. The lowest BCUT2D eigenvalue weighted by molar-refractivity contribution is 0.0932. The Morgan fingerprint density at radius 3 is 3.00 bits per heavy atom. The first-order chi connectivity index (χ1) is 13.3. The molecule has 2 aliphatic carbocycles. The van der Waals surface area contributed by atoms with Gasteiger partial charge in [0.05, 0.1) is 23.5 Å². The summed E-state index contributed by atoms with van der Waals surface area (Å²) in [7, 11) is 0. The molecule has 1 atom stereocenters. The summed E-state index contributed by atoms with van der Waals surface area (Å²) in [5, 5.41) is 9.90. The van der Waals surface area contributed by atoms with Gasteiger partial charge in [0.2, 0.25) is 0 Å². The number of aromatic nitrogens is 3. The first-order valence-corrected chi connectivity index (χ1v) is 10.6. The van der Waals surface area contributed by atoms with E-state index in [9.17, 15) is 4.79 Å². The van der Waals surface area contributed by atoms with Crippen LogP contribution >= 0.6 is 11.3 Å². The van der Waals surface area contributed by atoms with Crippen LogP contribution in [0.25, 0.3) is 5.82 Å². The minimum Gasteiger partial charge on any atom is -0.345 e. The summed E-state index contributed by atoms with van der Waals surface area (Å²) in [5.74, 6) is 0.899. The number of aryl methyl sites for hydroxylation is 1. The Morgan fingerprint density at radius 1 is 1.19 bits per heavy atom. The van der Waals surface area contributed by atoms with Crippen LogP contribution in [0.3, 0.4) is 0 Å². The molecule has 3 heterocycles. The molecule has 0 aliphatic heterocycles. The van der Waals surface area contributed by atoms with E-state index < -0.39 is 0 Å². The number of carbonyl (C=O) groups excluding carboxylic acids is 1. The predicted octanol–water partition coefficient (Wildman–Crippen LogP) is 4.02. The maximum atomic E-state index is 13.0. The molecular weight excluding hydrogens is 356 g/mol. The smallest absolute Gasteiger partial charge is 0.252 e. The van der Waals surface area contributed by atoms with Gasteiger partial charge in [0.1, 0.15) is 0 Å². The summed E-state index contributed by atoms with van der Waals surface area (Å²) < 4.78 is 1.92. The van der Waals surface area contributed by atoms with Crippen molar-refractivity contribution >= 4 is 17.2 Å². The molecule has 5 rings (SSSR count). The fourth-order valence-corrected chi connectivity index (χ4v) is 5.43. The normalized spacial score (nSPS) is 18.6. The van der Waals surface area contributed by atoms with Crippen molar-refractivity contribution < 1.29 is 4.79 Å². The molecular formula is C21H22N4OS. The molecule has 0 radical (unpaired) electrons. The number of thiophene rings is 1. The van der Waals surface area contributed by atoms with Crippen molar-refractivity contribution in [2.75, 3.05) is 0 Å². The number of amides is 1. The number of nitrogens with one attached hydrogen (secondary N) is 1. The maximum Gasteiger partial charge on any atom is 0.252 e. The Balaban J connectivity index is 1.41. The van der Waals surface area contributed by atoms with Crippen LogP contribution < -0.4 is 5.32 Å². The minimum absolute atomic E-state index is 0.0258. The van der Waals surface area contributed by atoms with Gasteiger partial charge in [0, 0.05) is 22.0 Å². The molecule has 138 valence electrons. The first kappa shape index (κ1) is 16.7. The third-order valence-corrected chi connectivity index (χ3v) is 6.75. The number of pyridine rings is 1. The molecule has 6 heteroatoms. The van der Waals surface area contributed by atoms with Gasteiger partial charge in [-0.3, -0.25) is 4.79 Å². The lowest BCUT2D eigenvalue weighted by Crippen LogP contribution is -2.31. The summed E-state index contributed by atoms with van der Waals surface area (Å²) >= 11 is 1.74. The van der Waals surface area contributed by atoms with Crippen LogP contribution in [0.15, 0.2) is 36.0 Å². The van der Waals surface area contributed by atoms with E-state index in [2.05, 4.69) is 15.4 Å². The lowest BCUT2D eigenvalue weighted by Gasteiger charge is -2.24. The van der Waals surface area contributed by atoms with Crippen molar-refractivity contribution in [3.8, 4) is 5.82 Å². The molecule has 2 aliphatic rings. The third-order valence-electron chi connectivity index (χ3n) is 5.66. The zero-order chi connectivity index (χ0) is 18.2. The average Bonchev–Trinajstić information content (AvgIpc) is 3.34. The Labute approximate surface area is 162 Å². The molecule has 0 spiro atoms. The monoisotopic (exact) mass is 378 g/mol. The summed E-state index contributed by atoms with van der Waals surface area (Å²) in [6, 6.07) is 5.87. The highest BCUT2D eigenvalue weighted by Gasteiger charge is 2.28. The highest BCUT2D eigenvalue weighted by Crippen LogP contribution is 2.33. The van der Waals surface area contributed by atoms with E-state index in [0.29, 0.717) is 0 Å². The molecule has 5 nitrogen and oxygen atoms in total. The van der Waals surface area contributed by atoms with E-state index >= 15 is 0 Å². The second-order valence-corrected chi connectivity index (χ2v) is 8.29. The van der Waals surface area contributed by atoms with Crippen LogP contribution in [0.4, 0.5) is 0 Å². The number of fused-ring (bicyclic) bond motifs is 2. The number of nitrogens with zero attached hydrogens (tertiary/aromatic N) is 3. The number of rotatable bonds is 3. The van der Waals surface area contributed by atoms with Crippen molar-refractivity contribution in [2.45, 2.75) is 51.0 Å². The molecule has 3 aromatic heterocycles. The Hall–Kier alpha value is -2.47. The number of hydrogen-bond acceptors (Lipinski definition) is 4. The van der Waals surface area contributed by atoms with E-state index in [0.717, 1.165) is 54.7 Å². The summed E-state index contributed by atoms with van der Waals surface area (Å²) in [6.07, 6.45) is 11.2. The van der Waals surface area contributed by atoms with Crippen LogP contribution in [-0.2, 0) is 19.3 Å². The van der Waals surface area contributed by atoms with E-state index in [1.807, 2.05) is 34.5 Å². The standard InChI is InChI=1S/C21H22N4OS/c26-21(16-13-27-19-9-2-1-6-14(16)19)24-17-7-5-8-18-15(17)12-23-25(18)20-10-3-4-11-22-20/h3-4,10-13,17H,1-2,5-9H2,(H,24,26). The molecule has 0 fully saturated rings. The summed E-state index contributed by atoms with van der Waals surface area (Å²) in [4.78, 5) is 18.8. The van der Waals surface area contributed by atoms with Gasteiger partial charge >= 0.3 is 0 Å². The van der Waals surface area contributed by atoms with Gasteiger partial charge in [0.15, 0.2) is 5.82 Å². The molecule has 3 aromatic rings. The average molecular weight is 379 g/mol. The summed E-state index contributed by atoms with van der Waals surface area (Å²) in [5.41, 5.74) is 4.46. The molecule has 1 unspecified atom stereocenters. The van der Waals surface area contributed by atoms with Crippen LogP contribution in [0.2, 0.25) is 0 Å². The van der Waals surface area contributed by atoms with Crippen molar-refractivity contribution in [3.05, 3.63) is 63.2 Å². The minimum atomic E-state index is 0.0258. The van der Waals surface area contributed by atoms with Crippen molar-refractivity contribution in [2.24, 2.45) is 0 Å². The molecule has 0 aromatic carbocycles. The zero-order valence-corrected chi connectivity index (χ0v) is 16.0. The second-order valence-electron chi connectivity index (χ2n) is 7.32. The molecule has 27 heavy (non-hydrogen) atoms. The molecule has 1 amide bonds. The van der Waals surface area contributed by atoms with Gasteiger partial charge in [-0.15, -0.1) is 11.3 Å². The SMILES string of the molecule is O=C(NC1CCCc2c1cnn2-c1ccccn1)c1csc2c1CCCC2. The highest BCUT2D eigenvalue weighted by atomic mass is 32.1. The fourth-order valence-electron chi connectivity index (χ4n) is 4.30. The van der Waals surface area contributed by atoms with E-state index in [1.165, 1.54) is 23.3 Å². The Kier molecular flexibility index (Phi) is 4.28. The van der Waals surface area contributed by atoms with Gasteiger partial charge in [0.25, 0.3) is 5.91 Å². The van der Waals surface area contributed by atoms with E-state index in [1.54, 1.807) is 17.5 Å². The van der Waals surface area contributed by atoms with Crippen LogP contribution in [0.1, 0.15) is 63.8 Å². The molecule has 0 saturated heterocycles. The van der Waals surface area contributed by atoms with Crippen LogP contribution in [-0.4, -0.2) is 20.7 Å². The Morgan fingerprint density at radius 2 is 2.11 bits per heavy atom. The largest absolute Gasteiger partial charge is 0.345 e.